The first-order valence-electron chi connectivity index (χ1n) is 11.0. The van der Waals surface area contributed by atoms with Gasteiger partial charge in [0.15, 0.2) is 6.04 Å². The molecule has 0 saturated carbocycles. The van der Waals surface area contributed by atoms with E-state index >= 15 is 0 Å². The van der Waals surface area contributed by atoms with Gasteiger partial charge in [-0.3, -0.25) is 0 Å². The minimum atomic E-state index is -1.19. The number of rotatable bonds is 6. The van der Waals surface area contributed by atoms with Crippen molar-refractivity contribution in [2.45, 2.75) is 84.8 Å². The molecule has 33 heavy (non-hydrogen) atoms. The number of hydrogen-bond acceptors (Lipinski definition) is 7. The zero-order chi connectivity index (χ0) is 25.6. The molecule has 0 heterocycles. The smallest absolute Gasteiger partial charge is 0.430 e. The maximum Gasteiger partial charge on any atom is 0.430 e. The maximum absolute atomic E-state index is 13.1. The van der Waals surface area contributed by atoms with Crippen LogP contribution in [0.2, 0.25) is 0 Å². The average Bonchev–Trinajstić information content (AvgIpc) is 2.66. The van der Waals surface area contributed by atoms with Gasteiger partial charge in [0.25, 0.3) is 0 Å². The zero-order valence-corrected chi connectivity index (χ0v) is 21.5. The number of benzene rings is 1. The van der Waals surface area contributed by atoms with Crippen LogP contribution in [0.1, 0.15) is 67.1 Å². The molecule has 2 amide bonds. The van der Waals surface area contributed by atoms with Crippen LogP contribution in [0, 0.1) is 0 Å². The Kier molecular flexibility index (Phi) is 9.71. The molecular formula is C24H39N3O6. The number of likely N-dealkylation sites (N-methyl/N-ethyl adjacent to an activating group) is 1. The second-order valence-corrected chi connectivity index (χ2v) is 10.1. The van der Waals surface area contributed by atoms with Gasteiger partial charge in [0, 0.05) is 6.04 Å². The van der Waals surface area contributed by atoms with Gasteiger partial charge in [0.1, 0.15) is 17.3 Å². The first-order valence-corrected chi connectivity index (χ1v) is 11.0. The van der Waals surface area contributed by atoms with Crippen molar-refractivity contribution in [1.29, 1.82) is 0 Å². The number of hydrogen-bond donors (Lipinski definition) is 1. The van der Waals surface area contributed by atoms with Crippen molar-refractivity contribution in [2.75, 3.05) is 14.1 Å². The van der Waals surface area contributed by atoms with E-state index in [0.29, 0.717) is 0 Å². The molecule has 1 rings (SSSR count). The highest BCUT2D eigenvalue weighted by molar-refractivity contribution is 5.83. The Morgan fingerprint density at radius 2 is 1.39 bits per heavy atom. The Balaban J connectivity index is 3.16. The molecule has 0 aliphatic carbocycles. The van der Waals surface area contributed by atoms with Crippen LogP contribution in [0.15, 0.2) is 30.3 Å². The van der Waals surface area contributed by atoms with E-state index in [1.54, 1.807) is 41.5 Å². The molecule has 3 atom stereocenters. The number of amides is 2. The number of ether oxygens (including phenoxy) is 3. The van der Waals surface area contributed by atoms with E-state index in [0.717, 1.165) is 10.6 Å². The number of esters is 1. The summed E-state index contributed by atoms with van der Waals surface area (Å²) in [7, 11) is 3.77. The summed E-state index contributed by atoms with van der Waals surface area (Å²) in [6.45, 7) is 13.5. The second-order valence-electron chi connectivity index (χ2n) is 10.1. The highest BCUT2D eigenvalue weighted by atomic mass is 16.6. The van der Waals surface area contributed by atoms with E-state index < -0.39 is 41.5 Å². The second kappa shape index (κ2) is 11.4. The van der Waals surface area contributed by atoms with Gasteiger partial charge in [-0.1, -0.05) is 30.3 Å². The summed E-state index contributed by atoms with van der Waals surface area (Å²) in [5, 5.41) is 0.796. The third-order valence-electron chi connectivity index (χ3n) is 4.55. The quantitative estimate of drug-likeness (QED) is 0.380. The summed E-state index contributed by atoms with van der Waals surface area (Å²) in [5.41, 5.74) is 1.49. The van der Waals surface area contributed by atoms with Gasteiger partial charge >= 0.3 is 18.2 Å². The van der Waals surface area contributed by atoms with E-state index in [9.17, 15) is 14.4 Å². The standard InChI is InChI=1S/C24H39N3O6/c1-16(26(9)10)19(18-14-12-11-13-15-18)31-20(28)17(2)27(22(30)33-24(6,7)8)25-21(29)32-23(3,4)5/h11-17,19H,1-10H3,(H,25,29)/t16-,17+,19+/m0/s1. The normalized spacial score (nSPS) is 14.6. The Hall–Kier alpha value is -2.81. The lowest BCUT2D eigenvalue weighted by Crippen LogP contribution is -2.56. The highest BCUT2D eigenvalue weighted by Crippen LogP contribution is 2.25. The summed E-state index contributed by atoms with van der Waals surface area (Å²) in [6, 6.07) is 7.99. The fraction of sp³-hybridized carbons (Fsp3) is 0.625. The lowest BCUT2D eigenvalue weighted by Gasteiger charge is -2.34. The minimum absolute atomic E-state index is 0.155. The van der Waals surface area contributed by atoms with Crippen LogP contribution in [0.5, 0.6) is 0 Å². The van der Waals surface area contributed by atoms with Crippen LogP contribution in [0.4, 0.5) is 9.59 Å². The van der Waals surface area contributed by atoms with Crippen molar-refractivity contribution in [3.05, 3.63) is 35.9 Å². The Morgan fingerprint density at radius 3 is 1.85 bits per heavy atom. The SMILES string of the molecule is C[C@H](C(=O)O[C@@H](c1ccccc1)[C@H](C)N(C)C)N(NC(=O)OC(C)(C)C)C(=O)OC(C)(C)C. The van der Waals surface area contributed by atoms with Crippen molar-refractivity contribution in [3.8, 4) is 0 Å². The molecule has 0 saturated heterocycles. The Bertz CT molecular complexity index is 799. The molecule has 0 spiro atoms. The molecule has 0 bridgehead atoms. The third-order valence-corrected chi connectivity index (χ3v) is 4.55. The van der Waals surface area contributed by atoms with Crippen LogP contribution in [0.25, 0.3) is 0 Å². The largest absolute Gasteiger partial charge is 0.454 e. The van der Waals surface area contributed by atoms with Crippen molar-refractivity contribution in [3.63, 3.8) is 0 Å². The Morgan fingerprint density at radius 1 is 0.879 bits per heavy atom. The van der Waals surface area contributed by atoms with E-state index in [2.05, 4.69) is 5.43 Å². The molecule has 0 aliphatic rings. The molecule has 1 aromatic carbocycles. The molecule has 0 aromatic heterocycles. The molecule has 1 N–H and O–H groups in total. The van der Waals surface area contributed by atoms with Crippen LogP contribution in [-0.2, 0) is 19.0 Å². The Labute approximate surface area is 197 Å². The van der Waals surface area contributed by atoms with E-state index in [1.165, 1.54) is 6.92 Å². The van der Waals surface area contributed by atoms with Crippen LogP contribution < -0.4 is 5.43 Å². The van der Waals surface area contributed by atoms with Gasteiger partial charge in [-0.25, -0.2) is 24.8 Å². The lowest BCUT2D eigenvalue weighted by molar-refractivity contribution is -0.159. The van der Waals surface area contributed by atoms with E-state index in [-0.39, 0.29) is 6.04 Å². The van der Waals surface area contributed by atoms with Crippen molar-refractivity contribution >= 4 is 18.2 Å². The van der Waals surface area contributed by atoms with E-state index in [4.69, 9.17) is 14.2 Å². The molecule has 0 radical (unpaired) electrons. The van der Waals surface area contributed by atoms with Crippen LogP contribution in [-0.4, -0.2) is 65.4 Å². The fourth-order valence-electron chi connectivity index (χ4n) is 2.70. The predicted molar refractivity (Wildman–Crippen MR) is 125 cm³/mol. The molecule has 9 nitrogen and oxygen atoms in total. The first kappa shape index (κ1) is 28.2. The van der Waals surface area contributed by atoms with E-state index in [1.807, 2.05) is 56.3 Å². The number of hydrazine groups is 1. The van der Waals surface area contributed by atoms with Crippen molar-refractivity contribution in [2.24, 2.45) is 0 Å². The first-order chi connectivity index (χ1) is 15.0. The van der Waals surface area contributed by atoms with Crippen molar-refractivity contribution < 1.29 is 28.6 Å². The molecule has 186 valence electrons. The molecule has 1 aromatic rings. The summed E-state index contributed by atoms with van der Waals surface area (Å²) in [6.07, 6.45) is -2.40. The molecule has 0 fully saturated rings. The van der Waals surface area contributed by atoms with Gasteiger partial charge in [-0.2, -0.15) is 0 Å². The predicted octanol–water partition coefficient (Wildman–Crippen LogP) is 4.29. The van der Waals surface area contributed by atoms with Gasteiger partial charge < -0.3 is 19.1 Å². The minimum Gasteiger partial charge on any atom is -0.454 e. The topological polar surface area (TPSA) is 97.4 Å². The van der Waals surface area contributed by atoms with Crippen LogP contribution in [0.3, 0.4) is 0 Å². The highest BCUT2D eigenvalue weighted by Gasteiger charge is 2.36. The summed E-state index contributed by atoms with van der Waals surface area (Å²) in [5.74, 6) is -0.709. The summed E-state index contributed by atoms with van der Waals surface area (Å²) in [4.78, 5) is 40.3. The van der Waals surface area contributed by atoms with Crippen molar-refractivity contribution in [1.82, 2.24) is 15.3 Å². The maximum atomic E-state index is 13.1. The number of carbonyl (C=O) groups excluding carboxylic acids is 3. The summed E-state index contributed by atoms with van der Waals surface area (Å²) >= 11 is 0. The lowest BCUT2D eigenvalue weighted by atomic mass is 10.0. The molecule has 9 heteroatoms. The van der Waals surface area contributed by atoms with Gasteiger partial charge in [-0.05, 0) is 75.0 Å². The number of carbonyl (C=O) groups is 3. The number of nitrogens with one attached hydrogen (secondary N) is 1. The molecule has 0 aliphatic heterocycles. The van der Waals surface area contributed by atoms with Gasteiger partial charge in [0.2, 0.25) is 0 Å². The van der Waals surface area contributed by atoms with Gasteiger partial charge in [0.05, 0.1) is 0 Å². The van der Waals surface area contributed by atoms with Gasteiger partial charge in [-0.15, -0.1) is 0 Å². The van der Waals surface area contributed by atoms with Crippen LogP contribution >= 0.6 is 0 Å². The summed E-state index contributed by atoms with van der Waals surface area (Å²) < 4.78 is 16.5. The average molecular weight is 466 g/mol. The third kappa shape index (κ3) is 9.69. The molecule has 0 unspecified atom stereocenters. The fourth-order valence-corrected chi connectivity index (χ4v) is 2.70. The monoisotopic (exact) mass is 465 g/mol. The number of nitrogens with zero attached hydrogens (tertiary/aromatic N) is 2. The zero-order valence-electron chi connectivity index (χ0n) is 21.5. The molecular weight excluding hydrogens is 426 g/mol.